The van der Waals surface area contributed by atoms with Crippen molar-refractivity contribution in [1.82, 2.24) is 4.98 Å². The molecule has 0 unspecified atom stereocenters. The Morgan fingerprint density at radius 3 is 2.53 bits per heavy atom. The largest absolute Gasteiger partial charge is 0.436 e. The molecule has 0 saturated heterocycles. The van der Waals surface area contributed by atoms with Crippen LogP contribution in [0.3, 0.4) is 0 Å². The second-order valence-corrected chi connectivity index (χ2v) is 5.22. The van der Waals surface area contributed by atoms with Crippen molar-refractivity contribution in [2.45, 2.75) is 26.7 Å². The fourth-order valence-corrected chi connectivity index (χ4v) is 2.27. The van der Waals surface area contributed by atoms with Gasteiger partial charge in [-0.2, -0.15) is 0 Å². The predicted molar refractivity (Wildman–Crippen MR) is 78.3 cm³/mol. The summed E-state index contributed by atoms with van der Waals surface area (Å²) >= 11 is 0. The molecule has 19 heavy (non-hydrogen) atoms. The van der Waals surface area contributed by atoms with Crippen molar-refractivity contribution in [3.63, 3.8) is 0 Å². The van der Waals surface area contributed by atoms with Crippen LogP contribution >= 0.6 is 0 Å². The van der Waals surface area contributed by atoms with Gasteiger partial charge in [0.15, 0.2) is 5.58 Å². The molecule has 96 valence electrons. The van der Waals surface area contributed by atoms with Crippen molar-refractivity contribution in [2.24, 2.45) is 0 Å². The van der Waals surface area contributed by atoms with E-state index in [4.69, 9.17) is 4.42 Å². The lowest BCUT2D eigenvalue weighted by Crippen LogP contribution is -1.90. The number of benzene rings is 2. The fourth-order valence-electron chi connectivity index (χ4n) is 2.27. The molecule has 0 saturated carbocycles. The SMILES string of the molecule is Cc1cc(C(C)C)ccc1-c1nc2ccccc2o1. The molecule has 0 fully saturated rings. The maximum Gasteiger partial charge on any atom is 0.227 e. The highest BCUT2D eigenvalue weighted by atomic mass is 16.3. The highest BCUT2D eigenvalue weighted by molar-refractivity contribution is 5.76. The van der Waals surface area contributed by atoms with Crippen LogP contribution in [-0.2, 0) is 0 Å². The van der Waals surface area contributed by atoms with E-state index in [-0.39, 0.29) is 0 Å². The van der Waals surface area contributed by atoms with Gasteiger partial charge in [0.2, 0.25) is 5.89 Å². The first-order valence-electron chi connectivity index (χ1n) is 6.61. The molecule has 0 bridgehead atoms. The van der Waals surface area contributed by atoms with E-state index >= 15 is 0 Å². The lowest BCUT2D eigenvalue weighted by Gasteiger charge is -2.08. The molecule has 2 heteroatoms. The summed E-state index contributed by atoms with van der Waals surface area (Å²) < 4.78 is 5.82. The van der Waals surface area contributed by atoms with Gasteiger partial charge in [-0.05, 0) is 42.2 Å². The zero-order chi connectivity index (χ0) is 13.4. The van der Waals surface area contributed by atoms with Gasteiger partial charge in [0.05, 0.1) is 0 Å². The molecule has 2 aromatic carbocycles. The van der Waals surface area contributed by atoms with Crippen molar-refractivity contribution >= 4 is 11.1 Å². The molecule has 0 aliphatic rings. The van der Waals surface area contributed by atoms with Gasteiger partial charge in [-0.15, -0.1) is 0 Å². The quantitative estimate of drug-likeness (QED) is 0.645. The Labute approximate surface area is 113 Å². The normalized spacial score (nSPS) is 11.4. The van der Waals surface area contributed by atoms with Crippen LogP contribution in [0.15, 0.2) is 46.9 Å². The molecular weight excluding hydrogens is 234 g/mol. The summed E-state index contributed by atoms with van der Waals surface area (Å²) in [6.07, 6.45) is 0. The van der Waals surface area contributed by atoms with Crippen LogP contribution in [0.4, 0.5) is 0 Å². The minimum atomic E-state index is 0.538. The molecule has 0 radical (unpaired) electrons. The fraction of sp³-hybridized carbons (Fsp3) is 0.235. The van der Waals surface area contributed by atoms with E-state index in [1.165, 1.54) is 11.1 Å². The third-order valence-electron chi connectivity index (χ3n) is 3.44. The number of hydrogen-bond acceptors (Lipinski definition) is 2. The third kappa shape index (κ3) is 2.14. The lowest BCUT2D eigenvalue weighted by molar-refractivity contribution is 0.619. The number of aryl methyl sites for hydroxylation is 1. The minimum Gasteiger partial charge on any atom is -0.436 e. The Morgan fingerprint density at radius 2 is 1.84 bits per heavy atom. The Morgan fingerprint density at radius 1 is 1.05 bits per heavy atom. The molecular formula is C17H17NO. The van der Waals surface area contributed by atoms with Crippen molar-refractivity contribution in [2.75, 3.05) is 0 Å². The van der Waals surface area contributed by atoms with E-state index in [1.54, 1.807) is 0 Å². The van der Waals surface area contributed by atoms with E-state index in [2.05, 4.69) is 44.0 Å². The summed E-state index contributed by atoms with van der Waals surface area (Å²) in [5.74, 6) is 1.24. The molecule has 1 aromatic heterocycles. The van der Waals surface area contributed by atoms with Crippen LogP contribution in [-0.4, -0.2) is 4.98 Å². The predicted octanol–water partition coefficient (Wildman–Crippen LogP) is 4.93. The second kappa shape index (κ2) is 4.54. The topological polar surface area (TPSA) is 26.0 Å². The summed E-state index contributed by atoms with van der Waals surface area (Å²) in [4.78, 5) is 4.55. The standard InChI is InChI=1S/C17H17NO/c1-11(2)13-8-9-14(12(3)10-13)17-18-15-6-4-5-7-16(15)19-17/h4-11H,1-3H3. The number of aromatic nitrogens is 1. The molecule has 3 rings (SSSR count). The second-order valence-electron chi connectivity index (χ2n) is 5.22. The summed E-state index contributed by atoms with van der Waals surface area (Å²) in [6, 6.07) is 14.3. The summed E-state index contributed by atoms with van der Waals surface area (Å²) in [6.45, 7) is 6.51. The summed E-state index contributed by atoms with van der Waals surface area (Å²) in [5, 5.41) is 0. The van der Waals surface area contributed by atoms with Gasteiger partial charge in [-0.1, -0.05) is 38.1 Å². The van der Waals surface area contributed by atoms with E-state index in [9.17, 15) is 0 Å². The zero-order valence-corrected chi connectivity index (χ0v) is 11.5. The first-order valence-corrected chi connectivity index (χ1v) is 6.61. The Bertz CT molecular complexity index is 692. The summed E-state index contributed by atoms with van der Waals surface area (Å²) in [7, 11) is 0. The molecule has 0 spiro atoms. The van der Waals surface area contributed by atoms with Crippen LogP contribution < -0.4 is 0 Å². The van der Waals surface area contributed by atoms with Crippen molar-refractivity contribution in [3.8, 4) is 11.5 Å². The van der Waals surface area contributed by atoms with Gasteiger partial charge in [0.25, 0.3) is 0 Å². The maximum atomic E-state index is 5.82. The Hall–Kier alpha value is -2.09. The zero-order valence-electron chi connectivity index (χ0n) is 11.5. The van der Waals surface area contributed by atoms with Crippen LogP contribution in [0.5, 0.6) is 0 Å². The number of oxazole rings is 1. The van der Waals surface area contributed by atoms with E-state index in [0.717, 1.165) is 16.7 Å². The Kier molecular flexibility index (Phi) is 2.86. The van der Waals surface area contributed by atoms with Gasteiger partial charge < -0.3 is 4.42 Å². The average molecular weight is 251 g/mol. The molecule has 0 N–H and O–H groups in total. The molecule has 0 atom stereocenters. The average Bonchev–Trinajstić information content (AvgIpc) is 2.81. The van der Waals surface area contributed by atoms with E-state index in [1.807, 2.05) is 24.3 Å². The van der Waals surface area contributed by atoms with Crippen LogP contribution in [0.25, 0.3) is 22.6 Å². The van der Waals surface area contributed by atoms with Gasteiger partial charge in [-0.25, -0.2) is 4.98 Å². The van der Waals surface area contributed by atoms with Gasteiger partial charge in [-0.3, -0.25) is 0 Å². The molecule has 0 amide bonds. The Balaban J connectivity index is 2.11. The van der Waals surface area contributed by atoms with E-state index < -0.39 is 0 Å². The van der Waals surface area contributed by atoms with Gasteiger partial charge in [0.1, 0.15) is 5.52 Å². The van der Waals surface area contributed by atoms with Crippen molar-refractivity contribution < 1.29 is 4.42 Å². The molecule has 2 nitrogen and oxygen atoms in total. The van der Waals surface area contributed by atoms with Gasteiger partial charge >= 0.3 is 0 Å². The smallest absolute Gasteiger partial charge is 0.227 e. The molecule has 0 aliphatic heterocycles. The number of rotatable bonds is 2. The molecule has 1 heterocycles. The summed E-state index contributed by atoms with van der Waals surface area (Å²) in [5.41, 5.74) is 5.37. The number of hydrogen-bond donors (Lipinski definition) is 0. The lowest BCUT2D eigenvalue weighted by atomic mass is 9.98. The highest BCUT2D eigenvalue weighted by Crippen LogP contribution is 2.28. The first-order chi connectivity index (χ1) is 9.15. The monoisotopic (exact) mass is 251 g/mol. The van der Waals surface area contributed by atoms with Crippen LogP contribution in [0.2, 0.25) is 0 Å². The highest BCUT2D eigenvalue weighted by Gasteiger charge is 2.11. The third-order valence-corrected chi connectivity index (χ3v) is 3.44. The number of nitrogens with zero attached hydrogens (tertiary/aromatic N) is 1. The molecule has 3 aromatic rings. The van der Waals surface area contributed by atoms with Crippen LogP contribution in [0, 0.1) is 6.92 Å². The van der Waals surface area contributed by atoms with Crippen molar-refractivity contribution in [3.05, 3.63) is 53.6 Å². The molecule has 0 aliphatic carbocycles. The maximum absolute atomic E-state index is 5.82. The number of fused-ring (bicyclic) bond motifs is 1. The van der Waals surface area contributed by atoms with Gasteiger partial charge in [0, 0.05) is 5.56 Å². The minimum absolute atomic E-state index is 0.538. The first kappa shape index (κ1) is 12.0. The van der Waals surface area contributed by atoms with E-state index in [0.29, 0.717) is 11.8 Å². The van der Waals surface area contributed by atoms with Crippen molar-refractivity contribution in [1.29, 1.82) is 0 Å². The number of para-hydroxylation sites is 2. The van der Waals surface area contributed by atoms with Crippen LogP contribution in [0.1, 0.15) is 30.9 Å².